The Morgan fingerprint density at radius 1 is 1.14 bits per heavy atom. The Hall–Kier alpha value is -0.490. The lowest BCUT2D eigenvalue weighted by Gasteiger charge is -2.10. The second-order valence-corrected chi connectivity index (χ2v) is 7.94. The van der Waals surface area contributed by atoms with Crippen LogP contribution in [0, 0.1) is 0 Å². The molecule has 4 nitrogen and oxygen atoms in total. The molecule has 0 unspecified atom stereocenters. The molecule has 0 saturated carbocycles. The van der Waals surface area contributed by atoms with Crippen molar-refractivity contribution >= 4 is 54.5 Å². The maximum absolute atomic E-state index is 11.8. The van der Waals surface area contributed by atoms with Crippen molar-refractivity contribution in [3.63, 3.8) is 0 Å². The van der Waals surface area contributed by atoms with Crippen LogP contribution in [0.2, 0.25) is 10.0 Å². The summed E-state index contributed by atoms with van der Waals surface area (Å²) < 4.78 is 22.5. The number of unbranched alkanes of at least 4 members (excludes halogenated alkanes) is 3. The SMILES string of the molecule is CCCCCCC(=O)Nc1c(Cl)cc(S(=O)(=O)Cl)cc1Cl. The molecule has 0 spiro atoms. The molecular weight excluding hydrogens is 357 g/mol. The second-order valence-electron chi connectivity index (χ2n) is 4.56. The quantitative estimate of drug-likeness (QED) is 0.551. The molecule has 0 saturated heterocycles. The molecule has 1 rings (SSSR count). The van der Waals surface area contributed by atoms with E-state index in [-0.39, 0.29) is 26.5 Å². The highest BCUT2D eigenvalue weighted by atomic mass is 35.7. The van der Waals surface area contributed by atoms with Crippen molar-refractivity contribution < 1.29 is 13.2 Å². The third-order valence-electron chi connectivity index (χ3n) is 2.82. The van der Waals surface area contributed by atoms with Gasteiger partial charge in [-0.2, -0.15) is 0 Å². The topological polar surface area (TPSA) is 63.2 Å². The van der Waals surface area contributed by atoms with E-state index in [1.165, 1.54) is 0 Å². The fourth-order valence-corrected chi connectivity index (χ4v) is 3.22. The third-order valence-corrected chi connectivity index (χ3v) is 4.75. The maximum atomic E-state index is 11.8. The molecule has 1 amide bonds. The summed E-state index contributed by atoms with van der Waals surface area (Å²) in [5, 5.41) is 2.66. The van der Waals surface area contributed by atoms with E-state index in [9.17, 15) is 13.2 Å². The van der Waals surface area contributed by atoms with Gasteiger partial charge in [0.25, 0.3) is 9.05 Å². The first kappa shape index (κ1) is 18.6. The highest BCUT2D eigenvalue weighted by Gasteiger charge is 2.17. The number of hydrogen-bond donors (Lipinski definition) is 1. The zero-order chi connectivity index (χ0) is 16.0. The highest BCUT2D eigenvalue weighted by Crippen LogP contribution is 2.34. The molecule has 8 heteroatoms. The van der Waals surface area contributed by atoms with Gasteiger partial charge in [-0.25, -0.2) is 8.42 Å². The van der Waals surface area contributed by atoms with Crippen molar-refractivity contribution in [2.75, 3.05) is 5.32 Å². The zero-order valence-corrected chi connectivity index (χ0v) is 14.5. The zero-order valence-electron chi connectivity index (χ0n) is 11.5. The van der Waals surface area contributed by atoms with Crippen LogP contribution in [0.15, 0.2) is 17.0 Å². The monoisotopic (exact) mass is 371 g/mol. The smallest absolute Gasteiger partial charge is 0.261 e. The number of amides is 1. The molecule has 0 aromatic heterocycles. The molecule has 0 heterocycles. The van der Waals surface area contributed by atoms with Crippen molar-refractivity contribution in [1.82, 2.24) is 0 Å². The minimum absolute atomic E-state index is 0.0311. The van der Waals surface area contributed by atoms with Crippen LogP contribution >= 0.6 is 33.9 Å². The summed E-state index contributed by atoms with van der Waals surface area (Å²) >= 11 is 11.9. The summed E-state index contributed by atoms with van der Waals surface area (Å²) in [5.74, 6) is -0.212. The highest BCUT2D eigenvalue weighted by molar-refractivity contribution is 8.13. The van der Waals surface area contributed by atoms with E-state index in [0.717, 1.165) is 37.8 Å². The number of anilines is 1. The third kappa shape index (κ3) is 6.02. The molecule has 1 aromatic carbocycles. The molecular formula is C13H16Cl3NO3S. The van der Waals surface area contributed by atoms with Gasteiger partial charge in [-0.05, 0) is 18.6 Å². The second kappa shape index (κ2) is 8.22. The van der Waals surface area contributed by atoms with Gasteiger partial charge in [-0.1, -0.05) is 49.4 Å². The molecule has 0 aliphatic rings. The van der Waals surface area contributed by atoms with Gasteiger partial charge >= 0.3 is 0 Å². The van der Waals surface area contributed by atoms with E-state index in [1.807, 2.05) is 0 Å². The van der Waals surface area contributed by atoms with Crippen molar-refractivity contribution in [3.8, 4) is 0 Å². The van der Waals surface area contributed by atoms with Crippen LogP contribution in [0.1, 0.15) is 39.0 Å². The van der Waals surface area contributed by atoms with Crippen molar-refractivity contribution in [1.29, 1.82) is 0 Å². The van der Waals surface area contributed by atoms with Crippen LogP contribution in [0.4, 0.5) is 5.69 Å². The van der Waals surface area contributed by atoms with Gasteiger partial charge in [0.2, 0.25) is 5.91 Å². The largest absolute Gasteiger partial charge is 0.324 e. The summed E-state index contributed by atoms with van der Waals surface area (Å²) in [5.41, 5.74) is 0.197. The number of nitrogens with one attached hydrogen (secondary N) is 1. The molecule has 118 valence electrons. The van der Waals surface area contributed by atoms with Crippen LogP contribution in [0.25, 0.3) is 0 Å². The maximum Gasteiger partial charge on any atom is 0.261 e. The minimum Gasteiger partial charge on any atom is -0.324 e. The lowest BCUT2D eigenvalue weighted by molar-refractivity contribution is -0.116. The van der Waals surface area contributed by atoms with Gasteiger partial charge in [-0.15, -0.1) is 0 Å². The van der Waals surface area contributed by atoms with Crippen molar-refractivity contribution in [2.24, 2.45) is 0 Å². The molecule has 0 aliphatic heterocycles. The predicted octanol–water partition coefficient (Wildman–Crippen LogP) is 4.83. The lowest BCUT2D eigenvalue weighted by atomic mass is 10.1. The van der Waals surface area contributed by atoms with Gasteiger partial charge in [0.05, 0.1) is 20.6 Å². The molecule has 21 heavy (non-hydrogen) atoms. The first-order valence-electron chi connectivity index (χ1n) is 6.49. The Morgan fingerprint density at radius 3 is 2.19 bits per heavy atom. The average molecular weight is 373 g/mol. The normalized spacial score (nSPS) is 11.4. The number of hydrogen-bond acceptors (Lipinski definition) is 3. The van der Waals surface area contributed by atoms with Gasteiger partial charge < -0.3 is 5.32 Å². The van der Waals surface area contributed by atoms with E-state index in [1.54, 1.807) is 0 Å². The Balaban J connectivity index is 2.78. The fourth-order valence-electron chi connectivity index (χ4n) is 1.72. The Morgan fingerprint density at radius 2 is 1.71 bits per heavy atom. The van der Waals surface area contributed by atoms with Crippen LogP contribution in [-0.4, -0.2) is 14.3 Å². The van der Waals surface area contributed by atoms with Crippen LogP contribution in [-0.2, 0) is 13.8 Å². The lowest BCUT2D eigenvalue weighted by Crippen LogP contribution is -2.12. The van der Waals surface area contributed by atoms with E-state index in [2.05, 4.69) is 12.2 Å². The van der Waals surface area contributed by atoms with E-state index >= 15 is 0 Å². The van der Waals surface area contributed by atoms with Gasteiger partial charge in [-0.3, -0.25) is 4.79 Å². The first-order valence-corrected chi connectivity index (χ1v) is 9.55. The standard InChI is InChI=1S/C13H16Cl3NO3S/c1-2-3-4-5-6-12(18)17-13-10(14)7-9(8-11(13)15)21(16,19)20/h7-8H,2-6H2,1H3,(H,17,18). The molecule has 0 fully saturated rings. The van der Waals surface area contributed by atoms with Gasteiger partial charge in [0.15, 0.2) is 0 Å². The summed E-state index contributed by atoms with van der Waals surface area (Å²) in [6.07, 6.45) is 4.30. The minimum atomic E-state index is -3.92. The summed E-state index contributed by atoms with van der Waals surface area (Å²) in [6, 6.07) is 2.31. The number of carbonyl (C=O) groups excluding carboxylic acids is 1. The van der Waals surface area contributed by atoms with E-state index in [0.29, 0.717) is 6.42 Å². The van der Waals surface area contributed by atoms with E-state index in [4.69, 9.17) is 33.9 Å². The Kier molecular flexibility index (Phi) is 7.27. The molecule has 1 N–H and O–H groups in total. The first-order chi connectivity index (χ1) is 9.75. The Labute approximate surface area is 139 Å². The van der Waals surface area contributed by atoms with Gasteiger partial charge in [0.1, 0.15) is 0 Å². The molecule has 0 atom stereocenters. The van der Waals surface area contributed by atoms with Crippen molar-refractivity contribution in [3.05, 3.63) is 22.2 Å². The molecule has 0 bridgehead atoms. The molecule has 0 radical (unpaired) electrons. The summed E-state index contributed by atoms with van der Waals surface area (Å²) in [7, 11) is 1.30. The van der Waals surface area contributed by atoms with E-state index < -0.39 is 9.05 Å². The number of halogens is 3. The fraction of sp³-hybridized carbons (Fsp3) is 0.462. The summed E-state index contributed by atoms with van der Waals surface area (Å²) in [6.45, 7) is 2.09. The number of benzene rings is 1. The van der Waals surface area contributed by atoms with Gasteiger partial charge in [0, 0.05) is 17.1 Å². The molecule has 1 aromatic rings. The summed E-state index contributed by atoms with van der Waals surface area (Å²) in [4.78, 5) is 11.6. The van der Waals surface area contributed by atoms with Crippen LogP contribution in [0.3, 0.4) is 0 Å². The predicted molar refractivity (Wildman–Crippen MR) is 86.9 cm³/mol. The average Bonchev–Trinajstić information content (AvgIpc) is 2.37. The molecule has 0 aliphatic carbocycles. The van der Waals surface area contributed by atoms with Crippen LogP contribution in [0.5, 0.6) is 0 Å². The Bertz CT molecular complexity index is 594. The number of rotatable bonds is 7. The van der Waals surface area contributed by atoms with Crippen molar-refractivity contribution in [2.45, 2.75) is 43.9 Å². The number of carbonyl (C=O) groups is 1. The van der Waals surface area contributed by atoms with Crippen LogP contribution < -0.4 is 5.32 Å².